The van der Waals surface area contributed by atoms with Gasteiger partial charge >= 0.3 is 0 Å². The second-order valence-electron chi connectivity index (χ2n) is 6.99. The highest BCUT2D eigenvalue weighted by atomic mass is 16.5. The molecule has 1 aliphatic heterocycles. The highest BCUT2D eigenvalue weighted by Crippen LogP contribution is 2.44. The number of nitrogens with two attached hydrogens (primary N) is 1. The molecule has 2 fully saturated rings. The molecular weight excluding hydrogens is 212 g/mol. The van der Waals surface area contributed by atoms with E-state index in [0.29, 0.717) is 11.5 Å². The molecule has 1 unspecified atom stereocenters. The van der Waals surface area contributed by atoms with Crippen LogP contribution in [0.15, 0.2) is 0 Å². The maximum absolute atomic E-state index is 6.02. The molecule has 3 heteroatoms. The predicted molar refractivity (Wildman–Crippen MR) is 71.0 cm³/mol. The summed E-state index contributed by atoms with van der Waals surface area (Å²) < 4.78 is 5.41. The van der Waals surface area contributed by atoms with Crippen LogP contribution < -0.4 is 5.73 Å². The minimum Gasteiger partial charge on any atom is -0.381 e. The molecule has 2 rings (SSSR count). The van der Waals surface area contributed by atoms with Gasteiger partial charge in [-0.05, 0) is 37.1 Å². The van der Waals surface area contributed by atoms with Crippen molar-refractivity contribution in [1.29, 1.82) is 0 Å². The zero-order valence-electron chi connectivity index (χ0n) is 11.8. The molecule has 1 atom stereocenters. The topological polar surface area (TPSA) is 38.5 Å². The van der Waals surface area contributed by atoms with Crippen LogP contribution in [0.3, 0.4) is 0 Å². The number of nitrogens with zero attached hydrogens (tertiary/aromatic N) is 1. The molecule has 17 heavy (non-hydrogen) atoms. The van der Waals surface area contributed by atoms with E-state index >= 15 is 0 Å². The standard InChI is InChI=1S/C14H28N2O/c1-13(2,3)11-5-6-16(9-11)14(10-15)7-12(8-14)17-4/h11-12H,5-10,15H2,1-4H3. The van der Waals surface area contributed by atoms with Crippen molar-refractivity contribution < 1.29 is 4.74 Å². The van der Waals surface area contributed by atoms with E-state index in [-0.39, 0.29) is 5.54 Å². The van der Waals surface area contributed by atoms with Crippen LogP contribution in [0.4, 0.5) is 0 Å². The Kier molecular flexibility index (Phi) is 3.54. The minimum atomic E-state index is 0.251. The number of hydrogen-bond acceptors (Lipinski definition) is 3. The molecule has 1 heterocycles. The third-order valence-electron chi connectivity index (χ3n) is 5.01. The Bertz CT molecular complexity index is 266. The molecule has 1 saturated heterocycles. The molecule has 2 aliphatic rings. The molecule has 0 aromatic carbocycles. The Hall–Kier alpha value is -0.120. The quantitative estimate of drug-likeness (QED) is 0.818. The summed E-state index contributed by atoms with van der Waals surface area (Å²) in [5.41, 5.74) is 6.70. The van der Waals surface area contributed by atoms with Gasteiger partial charge in [-0.2, -0.15) is 0 Å². The van der Waals surface area contributed by atoms with E-state index in [1.165, 1.54) is 19.5 Å². The Morgan fingerprint density at radius 2 is 2.00 bits per heavy atom. The van der Waals surface area contributed by atoms with Gasteiger partial charge in [-0.15, -0.1) is 0 Å². The van der Waals surface area contributed by atoms with Crippen molar-refractivity contribution in [1.82, 2.24) is 4.90 Å². The molecule has 100 valence electrons. The van der Waals surface area contributed by atoms with Crippen LogP contribution in [-0.4, -0.2) is 43.3 Å². The zero-order chi connectivity index (χ0) is 12.7. The highest BCUT2D eigenvalue weighted by Gasteiger charge is 2.50. The van der Waals surface area contributed by atoms with Gasteiger partial charge < -0.3 is 10.5 Å². The predicted octanol–water partition coefficient (Wildman–Crippen LogP) is 1.86. The maximum atomic E-state index is 6.02. The second kappa shape index (κ2) is 4.52. The summed E-state index contributed by atoms with van der Waals surface area (Å²) in [5.74, 6) is 0.813. The van der Waals surface area contributed by atoms with Crippen LogP contribution in [0.2, 0.25) is 0 Å². The van der Waals surface area contributed by atoms with Crippen LogP contribution in [0.25, 0.3) is 0 Å². The average molecular weight is 240 g/mol. The lowest BCUT2D eigenvalue weighted by molar-refractivity contribution is -0.0816. The molecule has 1 aliphatic carbocycles. The lowest BCUT2D eigenvalue weighted by Gasteiger charge is -2.52. The summed E-state index contributed by atoms with van der Waals surface area (Å²) in [7, 11) is 1.81. The summed E-state index contributed by atoms with van der Waals surface area (Å²) in [5, 5.41) is 0. The first-order valence-corrected chi connectivity index (χ1v) is 6.89. The van der Waals surface area contributed by atoms with E-state index in [2.05, 4.69) is 25.7 Å². The summed E-state index contributed by atoms with van der Waals surface area (Å²) in [4.78, 5) is 2.64. The van der Waals surface area contributed by atoms with Crippen LogP contribution in [-0.2, 0) is 4.74 Å². The molecule has 1 saturated carbocycles. The first kappa shape index (κ1) is 13.3. The van der Waals surface area contributed by atoms with Gasteiger partial charge in [0, 0.05) is 25.7 Å². The molecular formula is C14H28N2O. The van der Waals surface area contributed by atoms with Crippen molar-refractivity contribution in [2.24, 2.45) is 17.1 Å². The highest BCUT2D eigenvalue weighted by molar-refractivity contribution is 5.06. The smallest absolute Gasteiger partial charge is 0.0607 e. The Balaban J connectivity index is 1.96. The van der Waals surface area contributed by atoms with Crippen LogP contribution >= 0.6 is 0 Å². The van der Waals surface area contributed by atoms with Crippen LogP contribution in [0, 0.1) is 11.3 Å². The summed E-state index contributed by atoms with van der Waals surface area (Å²) in [6, 6.07) is 0. The number of rotatable bonds is 3. The molecule has 3 nitrogen and oxygen atoms in total. The summed E-state index contributed by atoms with van der Waals surface area (Å²) in [6.45, 7) is 10.3. The van der Waals surface area contributed by atoms with Gasteiger partial charge in [-0.25, -0.2) is 0 Å². The molecule has 0 aromatic heterocycles. The minimum absolute atomic E-state index is 0.251. The SMILES string of the molecule is COC1CC(CN)(N2CCC(C(C)(C)C)C2)C1. The largest absolute Gasteiger partial charge is 0.381 e. The third-order valence-corrected chi connectivity index (χ3v) is 5.01. The van der Waals surface area contributed by atoms with Gasteiger partial charge in [-0.1, -0.05) is 20.8 Å². The third kappa shape index (κ3) is 2.38. The van der Waals surface area contributed by atoms with Gasteiger partial charge in [0.2, 0.25) is 0 Å². The molecule has 0 spiro atoms. The Labute approximate surface area is 106 Å². The normalized spacial score (nSPS) is 39.4. The van der Waals surface area contributed by atoms with E-state index < -0.39 is 0 Å². The van der Waals surface area contributed by atoms with Crippen molar-refractivity contribution >= 4 is 0 Å². The van der Waals surface area contributed by atoms with Crippen molar-refractivity contribution in [3.8, 4) is 0 Å². The second-order valence-corrected chi connectivity index (χ2v) is 6.99. The lowest BCUT2D eigenvalue weighted by atomic mass is 9.72. The van der Waals surface area contributed by atoms with Gasteiger partial charge in [-0.3, -0.25) is 4.90 Å². The van der Waals surface area contributed by atoms with Gasteiger partial charge in [0.1, 0.15) is 0 Å². The Morgan fingerprint density at radius 3 is 2.41 bits per heavy atom. The Morgan fingerprint density at radius 1 is 1.35 bits per heavy atom. The van der Waals surface area contributed by atoms with Crippen molar-refractivity contribution in [3.63, 3.8) is 0 Å². The number of likely N-dealkylation sites (tertiary alicyclic amines) is 1. The van der Waals surface area contributed by atoms with E-state index in [0.717, 1.165) is 25.3 Å². The fourth-order valence-corrected chi connectivity index (χ4v) is 3.41. The van der Waals surface area contributed by atoms with Gasteiger partial charge in [0.15, 0.2) is 0 Å². The summed E-state index contributed by atoms with van der Waals surface area (Å²) in [6.07, 6.45) is 4.00. The molecule has 0 aromatic rings. The van der Waals surface area contributed by atoms with E-state index in [4.69, 9.17) is 10.5 Å². The monoisotopic (exact) mass is 240 g/mol. The fraction of sp³-hybridized carbons (Fsp3) is 1.00. The summed E-state index contributed by atoms with van der Waals surface area (Å²) >= 11 is 0. The van der Waals surface area contributed by atoms with Crippen molar-refractivity contribution in [3.05, 3.63) is 0 Å². The average Bonchev–Trinajstić information content (AvgIpc) is 2.66. The molecule has 0 bridgehead atoms. The zero-order valence-corrected chi connectivity index (χ0v) is 11.8. The number of methoxy groups -OCH3 is 1. The number of hydrogen-bond donors (Lipinski definition) is 1. The van der Waals surface area contributed by atoms with Gasteiger partial charge in [0.05, 0.1) is 6.10 Å². The first-order valence-electron chi connectivity index (χ1n) is 6.89. The maximum Gasteiger partial charge on any atom is 0.0607 e. The first-order chi connectivity index (χ1) is 7.91. The number of ether oxygens (including phenoxy) is 1. The van der Waals surface area contributed by atoms with Crippen molar-refractivity contribution in [2.75, 3.05) is 26.7 Å². The van der Waals surface area contributed by atoms with E-state index in [1.54, 1.807) is 0 Å². The van der Waals surface area contributed by atoms with Crippen LogP contribution in [0.1, 0.15) is 40.0 Å². The molecule has 0 radical (unpaired) electrons. The van der Waals surface area contributed by atoms with Crippen molar-refractivity contribution in [2.45, 2.75) is 51.7 Å². The lowest BCUT2D eigenvalue weighted by Crippen LogP contribution is -2.63. The van der Waals surface area contributed by atoms with E-state index in [1.807, 2.05) is 7.11 Å². The van der Waals surface area contributed by atoms with Crippen LogP contribution in [0.5, 0.6) is 0 Å². The molecule has 0 amide bonds. The van der Waals surface area contributed by atoms with E-state index in [9.17, 15) is 0 Å². The molecule has 2 N–H and O–H groups in total. The fourth-order valence-electron chi connectivity index (χ4n) is 3.41. The van der Waals surface area contributed by atoms with Gasteiger partial charge in [0.25, 0.3) is 0 Å².